The van der Waals surface area contributed by atoms with E-state index in [1.807, 2.05) is 0 Å². The van der Waals surface area contributed by atoms with Crippen LogP contribution in [0.3, 0.4) is 0 Å². The average Bonchev–Trinajstić information content (AvgIpc) is 2.45. The minimum absolute atomic E-state index is 0.119. The Morgan fingerprint density at radius 3 is 2.52 bits per heavy atom. The van der Waals surface area contributed by atoms with Crippen molar-refractivity contribution in [1.82, 2.24) is 10.2 Å². The lowest BCUT2D eigenvalue weighted by Crippen LogP contribution is -2.05. The SMILES string of the molecule is COc1cccc(C=Cc2ccc(=O)[nH]n2)c1S(C)(=O)=O. The van der Waals surface area contributed by atoms with E-state index in [1.54, 1.807) is 30.4 Å². The summed E-state index contributed by atoms with van der Waals surface area (Å²) in [6, 6.07) is 7.84. The molecule has 0 saturated heterocycles. The molecule has 0 aliphatic rings. The van der Waals surface area contributed by atoms with E-state index in [9.17, 15) is 13.2 Å². The van der Waals surface area contributed by atoms with Crippen LogP contribution >= 0.6 is 0 Å². The van der Waals surface area contributed by atoms with Gasteiger partial charge in [0.1, 0.15) is 10.6 Å². The van der Waals surface area contributed by atoms with E-state index in [4.69, 9.17) is 4.74 Å². The molecule has 0 bridgehead atoms. The highest BCUT2D eigenvalue weighted by Gasteiger charge is 2.17. The molecule has 0 aliphatic carbocycles. The largest absolute Gasteiger partial charge is 0.495 e. The smallest absolute Gasteiger partial charge is 0.264 e. The van der Waals surface area contributed by atoms with Gasteiger partial charge in [-0.2, -0.15) is 5.10 Å². The van der Waals surface area contributed by atoms with Crippen LogP contribution in [0.15, 0.2) is 40.0 Å². The van der Waals surface area contributed by atoms with Crippen LogP contribution in [0.1, 0.15) is 11.3 Å². The maximum Gasteiger partial charge on any atom is 0.264 e. The summed E-state index contributed by atoms with van der Waals surface area (Å²) in [4.78, 5) is 11.0. The van der Waals surface area contributed by atoms with Crippen molar-refractivity contribution in [3.8, 4) is 5.75 Å². The van der Waals surface area contributed by atoms with Crippen LogP contribution in [-0.2, 0) is 9.84 Å². The maximum absolute atomic E-state index is 11.9. The van der Waals surface area contributed by atoms with Crippen molar-refractivity contribution in [2.24, 2.45) is 0 Å². The zero-order valence-electron chi connectivity index (χ0n) is 11.5. The number of rotatable bonds is 4. The Labute approximate surface area is 122 Å². The van der Waals surface area contributed by atoms with Gasteiger partial charge in [0.15, 0.2) is 9.84 Å². The van der Waals surface area contributed by atoms with Gasteiger partial charge in [0, 0.05) is 12.3 Å². The Morgan fingerprint density at radius 2 is 1.95 bits per heavy atom. The van der Waals surface area contributed by atoms with Crippen LogP contribution in [0.25, 0.3) is 12.2 Å². The van der Waals surface area contributed by atoms with Crippen LogP contribution in [0.5, 0.6) is 5.75 Å². The third-order valence-electron chi connectivity index (χ3n) is 2.73. The van der Waals surface area contributed by atoms with Gasteiger partial charge >= 0.3 is 0 Å². The van der Waals surface area contributed by atoms with E-state index in [0.717, 1.165) is 6.26 Å². The Kier molecular flexibility index (Phi) is 4.23. The first-order valence-electron chi connectivity index (χ1n) is 6.02. The molecule has 1 N–H and O–H groups in total. The van der Waals surface area contributed by atoms with E-state index in [2.05, 4.69) is 10.2 Å². The molecule has 1 heterocycles. The van der Waals surface area contributed by atoms with Gasteiger partial charge in [-0.1, -0.05) is 18.2 Å². The number of hydrogen-bond acceptors (Lipinski definition) is 5. The number of sulfone groups is 1. The summed E-state index contributed by atoms with van der Waals surface area (Å²) >= 11 is 0. The number of benzene rings is 1. The summed E-state index contributed by atoms with van der Waals surface area (Å²) in [5, 5.41) is 6.13. The van der Waals surface area contributed by atoms with Crippen molar-refractivity contribution in [3.05, 3.63) is 51.9 Å². The molecule has 0 radical (unpaired) electrons. The molecular weight excluding hydrogens is 292 g/mol. The summed E-state index contributed by atoms with van der Waals surface area (Å²) < 4.78 is 28.9. The standard InChI is InChI=1S/C14H14N2O4S/c1-20-12-5-3-4-10(14(12)21(2,18)19)6-7-11-8-9-13(17)16-15-11/h3-9H,1-2H3,(H,16,17). The first-order chi connectivity index (χ1) is 9.91. The number of ether oxygens (including phenoxy) is 1. The van der Waals surface area contributed by atoms with Gasteiger partial charge in [0.2, 0.25) is 0 Å². The van der Waals surface area contributed by atoms with Crippen molar-refractivity contribution < 1.29 is 13.2 Å². The number of nitrogens with one attached hydrogen (secondary N) is 1. The fraction of sp³-hybridized carbons (Fsp3) is 0.143. The number of nitrogens with zero attached hydrogens (tertiary/aromatic N) is 1. The van der Waals surface area contributed by atoms with Gasteiger partial charge < -0.3 is 4.74 Å². The van der Waals surface area contributed by atoms with E-state index in [1.165, 1.54) is 19.2 Å². The second kappa shape index (κ2) is 5.92. The topological polar surface area (TPSA) is 89.1 Å². The van der Waals surface area contributed by atoms with Crippen molar-refractivity contribution in [2.75, 3.05) is 13.4 Å². The van der Waals surface area contributed by atoms with Crippen LogP contribution in [0, 0.1) is 0 Å². The monoisotopic (exact) mass is 306 g/mol. The Hall–Kier alpha value is -2.41. The minimum Gasteiger partial charge on any atom is -0.495 e. The lowest BCUT2D eigenvalue weighted by molar-refractivity contribution is 0.402. The molecule has 2 aromatic rings. The first-order valence-corrected chi connectivity index (χ1v) is 7.92. The molecule has 0 spiro atoms. The molecule has 7 heteroatoms. The van der Waals surface area contributed by atoms with Gasteiger partial charge in [-0.3, -0.25) is 4.79 Å². The molecule has 0 unspecified atom stereocenters. The number of methoxy groups -OCH3 is 1. The van der Waals surface area contributed by atoms with Gasteiger partial charge in [0.25, 0.3) is 5.56 Å². The van der Waals surface area contributed by atoms with Gasteiger partial charge in [-0.15, -0.1) is 0 Å². The van der Waals surface area contributed by atoms with Gasteiger partial charge in [0.05, 0.1) is 12.8 Å². The molecule has 0 aliphatic heterocycles. The van der Waals surface area contributed by atoms with Crippen LogP contribution in [0.2, 0.25) is 0 Å². The predicted octanol–water partition coefficient (Wildman–Crippen LogP) is 1.35. The zero-order valence-corrected chi connectivity index (χ0v) is 12.3. The van der Waals surface area contributed by atoms with E-state index in [-0.39, 0.29) is 16.2 Å². The molecule has 21 heavy (non-hydrogen) atoms. The van der Waals surface area contributed by atoms with E-state index >= 15 is 0 Å². The molecule has 2 rings (SSSR count). The molecule has 110 valence electrons. The summed E-state index contributed by atoms with van der Waals surface area (Å²) in [7, 11) is -2.02. The molecular formula is C14H14N2O4S. The number of aromatic nitrogens is 2. The predicted molar refractivity (Wildman–Crippen MR) is 79.9 cm³/mol. The van der Waals surface area contributed by atoms with Crippen LogP contribution < -0.4 is 10.3 Å². The molecule has 1 aromatic heterocycles. The Balaban J connectivity index is 2.49. The lowest BCUT2D eigenvalue weighted by atomic mass is 10.2. The van der Waals surface area contributed by atoms with E-state index < -0.39 is 9.84 Å². The summed E-state index contributed by atoms with van der Waals surface area (Å²) in [5.41, 5.74) is 0.701. The highest BCUT2D eigenvalue weighted by atomic mass is 32.2. The highest BCUT2D eigenvalue weighted by molar-refractivity contribution is 7.90. The van der Waals surface area contributed by atoms with E-state index in [0.29, 0.717) is 11.3 Å². The third-order valence-corrected chi connectivity index (χ3v) is 3.91. The minimum atomic E-state index is -3.44. The van der Waals surface area contributed by atoms with Crippen molar-refractivity contribution in [3.63, 3.8) is 0 Å². The fourth-order valence-corrected chi connectivity index (χ4v) is 2.93. The third kappa shape index (κ3) is 3.57. The van der Waals surface area contributed by atoms with Gasteiger partial charge in [-0.25, -0.2) is 13.5 Å². The summed E-state index contributed by atoms with van der Waals surface area (Å²) in [6.45, 7) is 0. The summed E-state index contributed by atoms with van der Waals surface area (Å²) in [6.07, 6.45) is 4.35. The number of hydrogen-bond donors (Lipinski definition) is 1. The second-order valence-corrected chi connectivity index (χ2v) is 6.28. The lowest BCUT2D eigenvalue weighted by Gasteiger charge is -2.09. The van der Waals surface area contributed by atoms with Gasteiger partial charge in [-0.05, 0) is 23.8 Å². The normalized spacial score (nSPS) is 11.7. The van der Waals surface area contributed by atoms with Crippen molar-refractivity contribution in [1.29, 1.82) is 0 Å². The molecule has 0 saturated carbocycles. The molecule has 0 fully saturated rings. The Morgan fingerprint density at radius 1 is 1.19 bits per heavy atom. The number of aromatic amines is 1. The van der Waals surface area contributed by atoms with Crippen LogP contribution in [0.4, 0.5) is 0 Å². The zero-order chi connectivity index (χ0) is 15.5. The van der Waals surface area contributed by atoms with Crippen molar-refractivity contribution in [2.45, 2.75) is 4.90 Å². The molecule has 0 amide bonds. The van der Waals surface area contributed by atoms with Crippen molar-refractivity contribution >= 4 is 22.0 Å². The Bertz CT molecular complexity index is 818. The molecule has 1 aromatic carbocycles. The fourth-order valence-electron chi connectivity index (χ4n) is 1.84. The number of H-pyrrole nitrogens is 1. The average molecular weight is 306 g/mol. The van der Waals surface area contributed by atoms with Crippen LogP contribution in [-0.4, -0.2) is 32.0 Å². The quantitative estimate of drug-likeness (QED) is 0.921. The molecule has 0 atom stereocenters. The second-order valence-electron chi connectivity index (χ2n) is 4.33. The summed E-state index contributed by atoms with van der Waals surface area (Å²) in [5.74, 6) is 0.286. The maximum atomic E-state index is 11.9. The molecule has 6 nitrogen and oxygen atoms in total. The first kappa shape index (κ1) is 15.0. The highest BCUT2D eigenvalue weighted by Crippen LogP contribution is 2.28.